The Labute approximate surface area is 169 Å². The second kappa shape index (κ2) is 7.56. The topological polar surface area (TPSA) is 83.6 Å². The van der Waals surface area contributed by atoms with Crippen LogP contribution in [0.2, 0.25) is 5.02 Å². The van der Waals surface area contributed by atoms with Crippen molar-refractivity contribution in [2.75, 3.05) is 25.2 Å². The van der Waals surface area contributed by atoms with Crippen molar-refractivity contribution in [3.8, 4) is 0 Å². The molecule has 0 aromatic heterocycles. The Hall–Kier alpha value is -2.38. The van der Waals surface area contributed by atoms with Gasteiger partial charge in [-0.1, -0.05) is 35.9 Å². The second-order valence-electron chi connectivity index (χ2n) is 7.07. The van der Waals surface area contributed by atoms with Gasteiger partial charge in [0.15, 0.2) is 9.84 Å². The minimum absolute atomic E-state index is 0.0148. The van der Waals surface area contributed by atoms with Crippen LogP contribution in [0.1, 0.15) is 17.0 Å². The van der Waals surface area contributed by atoms with Gasteiger partial charge >= 0.3 is 0 Å². The summed E-state index contributed by atoms with van der Waals surface area (Å²) >= 11 is 6.10. The van der Waals surface area contributed by atoms with Crippen molar-refractivity contribution in [3.05, 3.63) is 58.6 Å². The van der Waals surface area contributed by atoms with E-state index in [2.05, 4.69) is 5.32 Å². The van der Waals surface area contributed by atoms with Gasteiger partial charge in [0.1, 0.15) is 5.92 Å². The van der Waals surface area contributed by atoms with Crippen molar-refractivity contribution in [1.82, 2.24) is 4.90 Å². The van der Waals surface area contributed by atoms with E-state index in [-0.39, 0.29) is 22.4 Å². The molecule has 2 atom stereocenters. The number of carbonyl (C=O) groups is 2. The van der Waals surface area contributed by atoms with E-state index in [1.54, 1.807) is 25.2 Å². The molecule has 1 fully saturated rings. The molecule has 2 aromatic carbocycles. The van der Waals surface area contributed by atoms with Crippen LogP contribution in [0.25, 0.3) is 0 Å². The molecule has 8 heteroatoms. The van der Waals surface area contributed by atoms with E-state index in [0.717, 1.165) is 17.4 Å². The summed E-state index contributed by atoms with van der Waals surface area (Å²) in [6.45, 7) is 2.26. The summed E-state index contributed by atoms with van der Waals surface area (Å²) in [6.07, 6.45) is 1.08. The van der Waals surface area contributed by atoms with Crippen molar-refractivity contribution >= 4 is 38.9 Å². The molecule has 2 aromatic rings. The fourth-order valence-corrected chi connectivity index (χ4v) is 4.46. The van der Waals surface area contributed by atoms with E-state index in [9.17, 15) is 18.0 Å². The first kappa shape index (κ1) is 20.4. The molecule has 0 spiro atoms. The number of nitrogens with one attached hydrogen (secondary N) is 1. The lowest BCUT2D eigenvalue weighted by Gasteiger charge is -2.18. The van der Waals surface area contributed by atoms with Crippen LogP contribution in [0.4, 0.5) is 5.69 Å². The minimum Gasteiger partial charge on any atom is -0.344 e. The van der Waals surface area contributed by atoms with E-state index in [4.69, 9.17) is 11.6 Å². The van der Waals surface area contributed by atoms with E-state index >= 15 is 0 Å². The number of nitrogens with zero attached hydrogens (tertiary/aromatic N) is 1. The molecule has 1 saturated heterocycles. The van der Waals surface area contributed by atoms with Gasteiger partial charge < -0.3 is 10.2 Å². The van der Waals surface area contributed by atoms with E-state index in [1.165, 1.54) is 17.0 Å². The summed E-state index contributed by atoms with van der Waals surface area (Å²) in [5, 5.41) is 3.26. The van der Waals surface area contributed by atoms with E-state index < -0.39 is 21.7 Å². The lowest BCUT2D eigenvalue weighted by Crippen LogP contribution is -2.33. The number of aryl methyl sites for hydroxylation is 1. The Balaban J connectivity index is 1.95. The molecule has 2 amide bonds. The molecule has 1 heterocycles. The monoisotopic (exact) mass is 420 g/mol. The number of rotatable bonds is 4. The van der Waals surface area contributed by atoms with Gasteiger partial charge in [0, 0.05) is 30.8 Å². The molecule has 0 bridgehead atoms. The highest BCUT2D eigenvalue weighted by molar-refractivity contribution is 7.90. The van der Waals surface area contributed by atoms with Crippen LogP contribution in [-0.2, 0) is 19.4 Å². The predicted molar refractivity (Wildman–Crippen MR) is 108 cm³/mol. The predicted octanol–water partition coefficient (Wildman–Crippen LogP) is 2.86. The van der Waals surface area contributed by atoms with E-state index in [1.807, 2.05) is 19.1 Å². The van der Waals surface area contributed by atoms with Crippen LogP contribution in [-0.4, -0.2) is 45.0 Å². The molecule has 6 nitrogen and oxygen atoms in total. The van der Waals surface area contributed by atoms with Crippen LogP contribution in [0.5, 0.6) is 0 Å². The maximum absolute atomic E-state index is 13.0. The SMILES string of the molecule is Cc1cc([C@H]2CN(C)C(=O)[C@@H]2C(=O)Nc2ccccc2S(C)(=O)=O)ccc1Cl. The molecule has 28 heavy (non-hydrogen) atoms. The first-order chi connectivity index (χ1) is 13.1. The lowest BCUT2D eigenvalue weighted by molar-refractivity contribution is -0.135. The normalized spacial score (nSPS) is 19.7. The van der Waals surface area contributed by atoms with Crippen LogP contribution < -0.4 is 5.32 Å². The van der Waals surface area contributed by atoms with Crippen molar-refractivity contribution in [2.24, 2.45) is 5.92 Å². The number of likely N-dealkylation sites (tertiary alicyclic amines) is 1. The van der Waals surface area contributed by atoms with Crippen LogP contribution in [0.15, 0.2) is 47.4 Å². The smallest absolute Gasteiger partial charge is 0.237 e. The highest BCUT2D eigenvalue weighted by Gasteiger charge is 2.44. The number of para-hydroxylation sites is 1. The van der Waals surface area contributed by atoms with Gasteiger partial charge in [-0.2, -0.15) is 0 Å². The van der Waals surface area contributed by atoms with Crippen LogP contribution in [0.3, 0.4) is 0 Å². The van der Waals surface area contributed by atoms with Crippen molar-refractivity contribution < 1.29 is 18.0 Å². The number of carbonyl (C=O) groups excluding carboxylic acids is 2. The molecule has 1 aliphatic rings. The Morgan fingerprint density at radius 1 is 1.21 bits per heavy atom. The van der Waals surface area contributed by atoms with Gasteiger partial charge in [0.25, 0.3) is 0 Å². The zero-order valence-corrected chi connectivity index (χ0v) is 17.3. The molecule has 148 valence electrons. The average Bonchev–Trinajstić information content (AvgIpc) is 2.92. The van der Waals surface area contributed by atoms with Gasteiger partial charge in [-0.15, -0.1) is 0 Å². The average molecular weight is 421 g/mol. The molecule has 0 radical (unpaired) electrons. The summed E-state index contributed by atoms with van der Waals surface area (Å²) in [6, 6.07) is 11.6. The number of sulfone groups is 1. The van der Waals surface area contributed by atoms with Crippen LogP contribution >= 0.6 is 11.6 Å². The Bertz CT molecular complexity index is 1050. The molecular weight excluding hydrogens is 400 g/mol. The number of hydrogen-bond donors (Lipinski definition) is 1. The van der Waals surface area contributed by atoms with Crippen molar-refractivity contribution in [3.63, 3.8) is 0 Å². The summed E-state index contributed by atoms with van der Waals surface area (Å²) in [4.78, 5) is 27.2. The molecule has 0 saturated carbocycles. The fraction of sp³-hybridized carbons (Fsp3) is 0.300. The highest BCUT2D eigenvalue weighted by Crippen LogP contribution is 2.35. The first-order valence-electron chi connectivity index (χ1n) is 8.70. The summed E-state index contributed by atoms with van der Waals surface area (Å²) in [7, 11) is -1.88. The number of anilines is 1. The zero-order valence-electron chi connectivity index (χ0n) is 15.8. The molecule has 1 N–H and O–H groups in total. The highest BCUT2D eigenvalue weighted by atomic mass is 35.5. The van der Waals surface area contributed by atoms with Gasteiger partial charge in [0.05, 0.1) is 10.6 Å². The molecule has 1 aliphatic heterocycles. The lowest BCUT2D eigenvalue weighted by atomic mass is 9.87. The number of benzene rings is 2. The standard InChI is InChI=1S/C20H21ClN2O4S/c1-12-10-13(8-9-15(12)21)14-11-23(2)20(25)18(14)19(24)22-16-6-4-5-7-17(16)28(3,26)27/h4-10,14,18H,11H2,1-3H3,(H,22,24)/t14-,18+/m1/s1. The quantitative estimate of drug-likeness (QED) is 0.771. The zero-order chi connectivity index (χ0) is 20.6. The summed E-state index contributed by atoms with van der Waals surface area (Å²) in [5.41, 5.74) is 1.88. The second-order valence-corrected chi connectivity index (χ2v) is 9.46. The third-order valence-electron chi connectivity index (χ3n) is 4.95. The van der Waals surface area contributed by atoms with Crippen molar-refractivity contribution in [1.29, 1.82) is 0 Å². The Morgan fingerprint density at radius 3 is 2.54 bits per heavy atom. The summed E-state index contributed by atoms with van der Waals surface area (Å²) < 4.78 is 24.0. The van der Waals surface area contributed by atoms with Crippen LogP contribution in [0, 0.1) is 12.8 Å². The van der Waals surface area contributed by atoms with Gasteiger partial charge in [-0.25, -0.2) is 8.42 Å². The van der Waals surface area contributed by atoms with E-state index in [0.29, 0.717) is 11.6 Å². The number of halogens is 1. The van der Waals surface area contributed by atoms with Gasteiger partial charge in [-0.05, 0) is 36.2 Å². The Kier molecular flexibility index (Phi) is 5.50. The molecule has 3 rings (SSSR count). The Morgan fingerprint density at radius 2 is 1.89 bits per heavy atom. The maximum Gasteiger partial charge on any atom is 0.237 e. The molecular formula is C20H21ClN2O4S. The van der Waals surface area contributed by atoms with Gasteiger partial charge in [-0.3, -0.25) is 9.59 Å². The third kappa shape index (κ3) is 3.91. The molecule has 0 aliphatic carbocycles. The van der Waals surface area contributed by atoms with Crippen molar-refractivity contribution in [2.45, 2.75) is 17.7 Å². The maximum atomic E-state index is 13.0. The number of likely N-dealkylation sites (N-methyl/N-ethyl adjacent to an activating group) is 1. The largest absolute Gasteiger partial charge is 0.344 e. The van der Waals surface area contributed by atoms with Gasteiger partial charge in [0.2, 0.25) is 11.8 Å². The fourth-order valence-electron chi connectivity index (χ4n) is 3.49. The number of hydrogen-bond acceptors (Lipinski definition) is 4. The first-order valence-corrected chi connectivity index (χ1v) is 11.0. The third-order valence-corrected chi connectivity index (χ3v) is 6.53. The number of amides is 2. The minimum atomic E-state index is -3.53. The molecule has 0 unspecified atom stereocenters. The summed E-state index contributed by atoms with van der Waals surface area (Å²) in [5.74, 6) is -2.12.